The molecule has 9 heteroatoms. The zero-order valence-electron chi connectivity index (χ0n) is 23.7. The molecule has 1 saturated heterocycles. The lowest BCUT2D eigenvalue weighted by Crippen LogP contribution is -2.45. The van der Waals surface area contributed by atoms with Gasteiger partial charge < -0.3 is 29.7 Å². The summed E-state index contributed by atoms with van der Waals surface area (Å²) in [7, 11) is 5.03. The second-order valence-corrected chi connectivity index (χ2v) is 10.8. The van der Waals surface area contributed by atoms with Crippen LogP contribution in [-0.2, 0) is 4.74 Å². The van der Waals surface area contributed by atoms with Crippen LogP contribution in [0.15, 0.2) is 48.5 Å². The lowest BCUT2D eigenvalue weighted by molar-refractivity contribution is 0.0653. The monoisotopic (exact) mass is 538 g/mol. The van der Waals surface area contributed by atoms with Gasteiger partial charge in [-0.15, -0.1) is 0 Å². The summed E-state index contributed by atoms with van der Waals surface area (Å²) in [5.41, 5.74) is 1.37. The summed E-state index contributed by atoms with van der Waals surface area (Å²) in [6.07, 6.45) is 1.65. The van der Waals surface area contributed by atoms with E-state index in [9.17, 15) is 9.59 Å². The summed E-state index contributed by atoms with van der Waals surface area (Å²) in [4.78, 5) is 30.3. The zero-order valence-corrected chi connectivity index (χ0v) is 23.7. The molecular formula is C30H42N4O5. The molecule has 4 rings (SSSR count). The lowest BCUT2D eigenvalue weighted by atomic mass is 9.90. The van der Waals surface area contributed by atoms with Gasteiger partial charge in [0.15, 0.2) is 11.5 Å². The molecule has 9 nitrogen and oxygen atoms in total. The highest BCUT2D eigenvalue weighted by molar-refractivity contribution is 5.95. The number of ether oxygens (including phenoxy) is 3. The van der Waals surface area contributed by atoms with Crippen molar-refractivity contribution >= 4 is 17.6 Å². The van der Waals surface area contributed by atoms with E-state index in [1.165, 1.54) is 0 Å². The number of hydrogen-bond acceptors (Lipinski definition) is 6. The van der Waals surface area contributed by atoms with Gasteiger partial charge >= 0.3 is 6.03 Å². The van der Waals surface area contributed by atoms with E-state index in [0.29, 0.717) is 36.8 Å². The van der Waals surface area contributed by atoms with Crippen LogP contribution in [0.1, 0.15) is 37.0 Å². The lowest BCUT2D eigenvalue weighted by Gasteiger charge is -2.32. The van der Waals surface area contributed by atoms with Gasteiger partial charge in [-0.25, -0.2) is 4.79 Å². The second-order valence-electron chi connectivity index (χ2n) is 10.8. The third-order valence-corrected chi connectivity index (χ3v) is 7.98. The molecule has 2 aromatic rings. The first-order valence-electron chi connectivity index (χ1n) is 13.7. The molecule has 2 aliphatic rings. The minimum atomic E-state index is -0.109. The highest BCUT2D eigenvalue weighted by atomic mass is 16.5. The molecule has 1 spiro atoms. The fourth-order valence-corrected chi connectivity index (χ4v) is 5.49. The largest absolute Gasteiger partial charge is 0.493 e. The van der Waals surface area contributed by atoms with E-state index in [1.807, 2.05) is 49.1 Å². The molecule has 0 radical (unpaired) electrons. The maximum absolute atomic E-state index is 13.8. The minimum Gasteiger partial charge on any atom is -0.493 e. The summed E-state index contributed by atoms with van der Waals surface area (Å²) in [6.45, 7) is 7.41. The van der Waals surface area contributed by atoms with E-state index in [0.717, 1.165) is 31.6 Å². The zero-order chi connectivity index (χ0) is 28.0. The molecule has 39 heavy (non-hydrogen) atoms. The Kier molecular flexibility index (Phi) is 9.35. The molecule has 1 aliphatic carbocycles. The van der Waals surface area contributed by atoms with Gasteiger partial charge in [0.25, 0.3) is 5.91 Å². The molecule has 3 atom stereocenters. The smallest absolute Gasteiger partial charge is 0.321 e. The topological polar surface area (TPSA) is 92.4 Å². The number of nitrogens with zero attached hydrogens (tertiary/aromatic N) is 2. The van der Waals surface area contributed by atoms with Crippen LogP contribution in [0.2, 0.25) is 0 Å². The Labute approximate surface area is 231 Å². The number of rotatable bonds is 12. The molecular weight excluding hydrogens is 496 g/mol. The normalized spacial score (nSPS) is 21.6. The summed E-state index contributed by atoms with van der Waals surface area (Å²) in [6, 6.07) is 14.9. The van der Waals surface area contributed by atoms with E-state index in [2.05, 4.69) is 10.6 Å². The fraction of sp³-hybridized carbons (Fsp3) is 0.533. The van der Waals surface area contributed by atoms with Crippen molar-refractivity contribution in [1.82, 2.24) is 15.5 Å². The molecule has 1 heterocycles. The number of carbonyl (C=O) groups excluding carboxylic acids is 2. The average molecular weight is 539 g/mol. The molecule has 1 saturated carbocycles. The first-order chi connectivity index (χ1) is 18.8. The van der Waals surface area contributed by atoms with Gasteiger partial charge in [0, 0.05) is 75.6 Å². The number of methoxy groups -OCH3 is 2. The van der Waals surface area contributed by atoms with E-state index in [1.54, 1.807) is 44.4 Å². The van der Waals surface area contributed by atoms with Gasteiger partial charge in [0.1, 0.15) is 0 Å². The Morgan fingerprint density at radius 3 is 2.56 bits per heavy atom. The molecule has 2 fully saturated rings. The number of urea groups is 1. The number of anilines is 1. The van der Waals surface area contributed by atoms with Gasteiger partial charge in [-0.05, 0) is 56.5 Å². The number of carbonyl (C=O) groups is 2. The van der Waals surface area contributed by atoms with Crippen molar-refractivity contribution in [2.45, 2.75) is 38.8 Å². The fourth-order valence-electron chi connectivity index (χ4n) is 5.49. The summed E-state index contributed by atoms with van der Waals surface area (Å²) < 4.78 is 16.5. The van der Waals surface area contributed by atoms with Gasteiger partial charge in [0.05, 0.1) is 13.7 Å². The highest BCUT2D eigenvalue weighted by Crippen LogP contribution is 2.54. The Bertz CT molecular complexity index is 1130. The third-order valence-electron chi connectivity index (χ3n) is 7.98. The quantitative estimate of drug-likeness (QED) is 0.400. The Balaban J connectivity index is 1.42. The van der Waals surface area contributed by atoms with E-state index in [4.69, 9.17) is 14.2 Å². The average Bonchev–Trinajstić information content (AvgIpc) is 3.48. The summed E-state index contributed by atoms with van der Waals surface area (Å²) in [5, 5.41) is 6.75. The summed E-state index contributed by atoms with van der Waals surface area (Å²) in [5.74, 6) is 1.34. The van der Waals surface area contributed by atoms with Crippen molar-refractivity contribution in [1.29, 1.82) is 0 Å². The maximum Gasteiger partial charge on any atom is 0.321 e. The highest BCUT2D eigenvalue weighted by Gasteiger charge is 2.62. The van der Waals surface area contributed by atoms with Crippen LogP contribution in [0.25, 0.3) is 0 Å². The number of benzene rings is 2. The van der Waals surface area contributed by atoms with Crippen molar-refractivity contribution in [3.05, 3.63) is 54.1 Å². The van der Waals surface area contributed by atoms with Gasteiger partial charge in [-0.3, -0.25) is 9.69 Å². The molecule has 2 N–H and O–H groups in total. The van der Waals surface area contributed by atoms with Gasteiger partial charge in [0.2, 0.25) is 0 Å². The summed E-state index contributed by atoms with van der Waals surface area (Å²) >= 11 is 0. The number of amides is 3. The second kappa shape index (κ2) is 12.7. The standard InChI is InChI=1S/C30H42N4O5/c1-21(2)34(28(35)22-12-13-25(38-5)26(16-22)39-15-9-14-37-4)19-23-18-31-20-30(23)17-27(30)32-29(36)33(3)24-10-7-6-8-11-24/h6-8,10-13,16,21,23,27,31H,9,14-15,17-20H2,1-5H3,(H,32,36)/t23-,27?,30?/m0/s1. The molecule has 212 valence electrons. The Morgan fingerprint density at radius 1 is 1.10 bits per heavy atom. The first-order valence-corrected chi connectivity index (χ1v) is 13.7. The van der Waals surface area contributed by atoms with Gasteiger partial charge in [-0.1, -0.05) is 18.2 Å². The number of nitrogens with one attached hydrogen (secondary N) is 2. The van der Waals surface area contributed by atoms with Gasteiger partial charge in [-0.2, -0.15) is 0 Å². The Morgan fingerprint density at radius 2 is 1.87 bits per heavy atom. The molecule has 0 bridgehead atoms. The van der Waals surface area contributed by atoms with Crippen LogP contribution >= 0.6 is 0 Å². The van der Waals surface area contributed by atoms with Crippen LogP contribution < -0.4 is 25.0 Å². The van der Waals surface area contributed by atoms with Crippen molar-refractivity contribution < 1.29 is 23.8 Å². The third kappa shape index (κ3) is 6.47. The number of para-hydroxylation sites is 1. The van der Waals surface area contributed by atoms with Crippen LogP contribution in [0.4, 0.5) is 10.5 Å². The van der Waals surface area contributed by atoms with Crippen molar-refractivity contribution in [2.75, 3.05) is 59.0 Å². The molecule has 0 aromatic heterocycles. The van der Waals surface area contributed by atoms with Crippen LogP contribution in [-0.4, -0.2) is 83.0 Å². The maximum atomic E-state index is 13.8. The predicted octanol–water partition coefficient (Wildman–Crippen LogP) is 3.79. The van der Waals surface area contributed by atoms with Crippen molar-refractivity contribution in [3.63, 3.8) is 0 Å². The van der Waals surface area contributed by atoms with Crippen molar-refractivity contribution in [2.24, 2.45) is 11.3 Å². The molecule has 3 amide bonds. The minimum absolute atomic E-state index is 0.0133. The Hall–Kier alpha value is -3.30. The molecule has 2 unspecified atom stereocenters. The number of hydrogen-bond donors (Lipinski definition) is 2. The van der Waals surface area contributed by atoms with Crippen LogP contribution in [0, 0.1) is 11.3 Å². The molecule has 2 aromatic carbocycles. The van der Waals surface area contributed by atoms with E-state index < -0.39 is 0 Å². The van der Waals surface area contributed by atoms with Crippen molar-refractivity contribution in [3.8, 4) is 11.5 Å². The first kappa shape index (κ1) is 28.7. The molecule has 1 aliphatic heterocycles. The predicted molar refractivity (Wildman–Crippen MR) is 152 cm³/mol. The van der Waals surface area contributed by atoms with E-state index in [-0.39, 0.29) is 35.4 Å². The van der Waals surface area contributed by atoms with E-state index >= 15 is 0 Å². The van der Waals surface area contributed by atoms with Crippen LogP contribution in [0.5, 0.6) is 11.5 Å². The SMILES string of the molecule is COCCCOc1cc(C(=O)N(C[C@@H]2CNCC23CC3NC(=O)N(C)c2ccccc2)C(C)C)ccc1OC. The van der Waals surface area contributed by atoms with Crippen LogP contribution in [0.3, 0.4) is 0 Å².